The van der Waals surface area contributed by atoms with Crippen LogP contribution >= 0.6 is 0 Å². The molecule has 0 saturated carbocycles. The molecule has 0 aliphatic rings. The maximum absolute atomic E-state index is 13.5. The molecule has 1 aromatic carbocycles. The zero-order chi connectivity index (χ0) is 14.5. The molecule has 0 aliphatic carbocycles. The monoisotopic (exact) mass is 279 g/mol. The molecule has 0 spiro atoms. The molecular weight excluding hydrogens is 265 g/mol. The van der Waals surface area contributed by atoms with Crippen molar-refractivity contribution in [2.45, 2.75) is 6.54 Å². The number of hydrogen-bond donors (Lipinski definition) is 2. The van der Waals surface area contributed by atoms with Gasteiger partial charge in [0.05, 0.1) is 25.0 Å². The summed E-state index contributed by atoms with van der Waals surface area (Å²) in [6.07, 6.45) is 3.03. The molecule has 6 nitrogen and oxygen atoms in total. The van der Waals surface area contributed by atoms with Gasteiger partial charge in [-0.3, -0.25) is 9.48 Å². The average molecular weight is 279 g/mol. The maximum Gasteiger partial charge on any atom is 0.262 e. The Morgan fingerprint density at radius 2 is 2.35 bits per heavy atom. The van der Waals surface area contributed by atoms with Crippen molar-refractivity contribution in [2.24, 2.45) is 0 Å². The smallest absolute Gasteiger partial charge is 0.262 e. The third-order valence-electron chi connectivity index (χ3n) is 2.63. The van der Waals surface area contributed by atoms with E-state index in [0.717, 1.165) is 6.07 Å². The summed E-state index contributed by atoms with van der Waals surface area (Å²) in [5.41, 5.74) is 0.0193. The predicted octanol–water partition coefficient (Wildman–Crippen LogP) is 1.63. The number of rotatable bonds is 5. The molecular formula is C13H14FN3O3. The van der Waals surface area contributed by atoms with E-state index in [4.69, 9.17) is 4.74 Å². The van der Waals surface area contributed by atoms with E-state index in [1.807, 2.05) is 0 Å². The van der Waals surface area contributed by atoms with Crippen LogP contribution in [0.15, 0.2) is 30.6 Å². The van der Waals surface area contributed by atoms with Crippen LogP contribution in [0.5, 0.6) is 5.75 Å². The molecule has 1 heterocycles. The molecule has 0 radical (unpaired) electrons. The third kappa shape index (κ3) is 3.12. The van der Waals surface area contributed by atoms with Gasteiger partial charge in [-0.1, -0.05) is 6.07 Å². The van der Waals surface area contributed by atoms with Crippen molar-refractivity contribution in [1.82, 2.24) is 9.78 Å². The minimum atomic E-state index is -0.783. The largest absolute Gasteiger partial charge is 0.507 e. The first-order valence-corrected chi connectivity index (χ1v) is 5.92. The second-order valence-electron chi connectivity index (χ2n) is 4.07. The number of carbonyl (C=O) groups is 1. The van der Waals surface area contributed by atoms with Gasteiger partial charge in [-0.15, -0.1) is 0 Å². The Bertz CT molecular complexity index is 592. The van der Waals surface area contributed by atoms with Gasteiger partial charge in [0, 0.05) is 13.3 Å². The van der Waals surface area contributed by atoms with Gasteiger partial charge in [0.25, 0.3) is 5.91 Å². The SMILES string of the molecule is COCCn1cc(NC(=O)c2c(O)cccc2F)cn1. The Morgan fingerprint density at radius 1 is 1.55 bits per heavy atom. The van der Waals surface area contributed by atoms with Gasteiger partial charge in [0.2, 0.25) is 0 Å². The molecule has 2 rings (SSSR count). The molecule has 0 aliphatic heterocycles. The number of anilines is 1. The van der Waals surface area contributed by atoms with Gasteiger partial charge in [-0.05, 0) is 12.1 Å². The van der Waals surface area contributed by atoms with Crippen molar-refractivity contribution in [3.8, 4) is 5.75 Å². The number of carbonyl (C=O) groups excluding carboxylic acids is 1. The summed E-state index contributed by atoms with van der Waals surface area (Å²) in [4.78, 5) is 11.9. The van der Waals surface area contributed by atoms with Crippen LogP contribution in [0.1, 0.15) is 10.4 Å². The zero-order valence-electron chi connectivity index (χ0n) is 10.8. The summed E-state index contributed by atoms with van der Waals surface area (Å²) in [6, 6.07) is 3.68. The average Bonchev–Trinajstić information content (AvgIpc) is 2.83. The summed E-state index contributed by atoms with van der Waals surface area (Å²) in [7, 11) is 1.58. The molecule has 0 unspecified atom stereocenters. The number of benzene rings is 1. The maximum atomic E-state index is 13.5. The van der Waals surface area contributed by atoms with Crippen molar-refractivity contribution < 1.29 is 19.0 Å². The van der Waals surface area contributed by atoms with E-state index in [0.29, 0.717) is 18.8 Å². The number of methoxy groups -OCH3 is 1. The van der Waals surface area contributed by atoms with Crippen molar-refractivity contribution >= 4 is 11.6 Å². The molecule has 0 atom stereocenters. The van der Waals surface area contributed by atoms with Crippen LogP contribution in [0.4, 0.5) is 10.1 Å². The van der Waals surface area contributed by atoms with Crippen LogP contribution in [0.2, 0.25) is 0 Å². The fourth-order valence-electron chi connectivity index (χ4n) is 1.67. The summed E-state index contributed by atoms with van der Waals surface area (Å²) >= 11 is 0. The van der Waals surface area contributed by atoms with Crippen molar-refractivity contribution in [3.05, 3.63) is 42.0 Å². The number of phenolic OH excluding ortho intramolecular Hbond substituents is 1. The number of amides is 1. The molecule has 1 aromatic heterocycles. The molecule has 0 bridgehead atoms. The lowest BCUT2D eigenvalue weighted by molar-refractivity contribution is 0.102. The van der Waals surface area contributed by atoms with Gasteiger partial charge in [0.1, 0.15) is 17.1 Å². The zero-order valence-corrected chi connectivity index (χ0v) is 10.8. The lowest BCUT2D eigenvalue weighted by atomic mass is 10.1. The highest BCUT2D eigenvalue weighted by Crippen LogP contribution is 2.21. The van der Waals surface area contributed by atoms with Gasteiger partial charge >= 0.3 is 0 Å². The van der Waals surface area contributed by atoms with Crippen LogP contribution in [-0.2, 0) is 11.3 Å². The standard InChI is InChI=1S/C13H14FN3O3/c1-20-6-5-17-8-9(7-15-17)16-13(19)12-10(14)3-2-4-11(12)18/h2-4,7-8,18H,5-6H2,1H3,(H,16,19). The summed E-state index contributed by atoms with van der Waals surface area (Å²) < 4.78 is 20.0. The fraction of sp³-hybridized carbons (Fsp3) is 0.231. The lowest BCUT2D eigenvalue weighted by Gasteiger charge is -2.05. The molecule has 7 heteroatoms. The number of aromatic nitrogens is 2. The Balaban J connectivity index is 2.10. The van der Waals surface area contributed by atoms with Crippen molar-refractivity contribution in [2.75, 3.05) is 19.0 Å². The van der Waals surface area contributed by atoms with E-state index < -0.39 is 23.0 Å². The van der Waals surface area contributed by atoms with Crippen LogP contribution in [0.3, 0.4) is 0 Å². The Labute approximate surface area is 114 Å². The van der Waals surface area contributed by atoms with Gasteiger partial charge in [0.15, 0.2) is 0 Å². The Hall–Kier alpha value is -2.41. The number of aromatic hydroxyl groups is 1. The molecule has 106 valence electrons. The first-order chi connectivity index (χ1) is 9.61. The summed E-state index contributed by atoms with van der Waals surface area (Å²) in [5, 5.41) is 16.0. The Kier molecular flexibility index (Phi) is 4.31. The van der Waals surface area contributed by atoms with E-state index in [9.17, 15) is 14.3 Å². The third-order valence-corrected chi connectivity index (χ3v) is 2.63. The van der Waals surface area contributed by atoms with Crippen LogP contribution < -0.4 is 5.32 Å². The number of halogens is 1. The van der Waals surface area contributed by atoms with E-state index in [1.165, 1.54) is 18.3 Å². The predicted molar refractivity (Wildman–Crippen MR) is 70.1 cm³/mol. The van der Waals surface area contributed by atoms with E-state index >= 15 is 0 Å². The summed E-state index contributed by atoms with van der Waals surface area (Å²) in [5.74, 6) is -1.92. The number of ether oxygens (including phenoxy) is 1. The van der Waals surface area contributed by atoms with Crippen molar-refractivity contribution in [1.29, 1.82) is 0 Å². The topological polar surface area (TPSA) is 76.4 Å². The highest BCUT2D eigenvalue weighted by molar-refractivity contribution is 6.06. The highest BCUT2D eigenvalue weighted by Gasteiger charge is 2.17. The van der Waals surface area contributed by atoms with Gasteiger partial charge in [-0.2, -0.15) is 5.10 Å². The normalized spacial score (nSPS) is 10.5. The highest BCUT2D eigenvalue weighted by atomic mass is 19.1. The van der Waals surface area contributed by atoms with Gasteiger partial charge < -0.3 is 15.2 Å². The van der Waals surface area contributed by atoms with Crippen LogP contribution in [0.25, 0.3) is 0 Å². The first kappa shape index (κ1) is 14.0. The second-order valence-corrected chi connectivity index (χ2v) is 4.07. The van der Waals surface area contributed by atoms with E-state index in [-0.39, 0.29) is 0 Å². The molecule has 20 heavy (non-hydrogen) atoms. The number of nitrogens with one attached hydrogen (secondary N) is 1. The Morgan fingerprint density at radius 3 is 3.05 bits per heavy atom. The minimum Gasteiger partial charge on any atom is -0.507 e. The molecule has 1 amide bonds. The molecule has 2 aromatic rings. The molecule has 0 saturated heterocycles. The number of hydrogen-bond acceptors (Lipinski definition) is 4. The fourth-order valence-corrected chi connectivity index (χ4v) is 1.67. The van der Waals surface area contributed by atoms with E-state index in [2.05, 4.69) is 10.4 Å². The molecule has 2 N–H and O–H groups in total. The molecule has 0 fully saturated rings. The van der Waals surface area contributed by atoms with Gasteiger partial charge in [-0.25, -0.2) is 4.39 Å². The van der Waals surface area contributed by atoms with Crippen molar-refractivity contribution in [3.63, 3.8) is 0 Å². The number of phenols is 1. The van der Waals surface area contributed by atoms with Crippen LogP contribution in [0, 0.1) is 5.82 Å². The number of nitrogens with zero attached hydrogens (tertiary/aromatic N) is 2. The van der Waals surface area contributed by atoms with E-state index in [1.54, 1.807) is 18.0 Å². The lowest BCUT2D eigenvalue weighted by Crippen LogP contribution is -2.13. The van der Waals surface area contributed by atoms with Crippen LogP contribution in [-0.4, -0.2) is 34.5 Å². The minimum absolute atomic E-state index is 0.392. The summed E-state index contributed by atoms with van der Waals surface area (Å²) in [6.45, 7) is 1.03. The first-order valence-electron chi connectivity index (χ1n) is 5.92. The quantitative estimate of drug-likeness (QED) is 0.872. The second kappa shape index (κ2) is 6.16.